The van der Waals surface area contributed by atoms with Crippen LogP contribution in [-0.4, -0.2) is 25.8 Å². The maximum absolute atomic E-state index is 5.50. The molecule has 0 spiro atoms. The van der Waals surface area contributed by atoms with Crippen LogP contribution in [0, 0.1) is 0 Å². The van der Waals surface area contributed by atoms with Crippen LogP contribution in [0.2, 0.25) is 0 Å². The Labute approximate surface area is 134 Å². The Morgan fingerprint density at radius 2 is 1.38 bits per heavy atom. The summed E-state index contributed by atoms with van der Waals surface area (Å²) in [5.41, 5.74) is 0.0214. The average molecular weight is 300 g/mol. The van der Waals surface area contributed by atoms with E-state index in [1.54, 1.807) is 0 Å². The molecule has 2 nitrogen and oxygen atoms in total. The largest absolute Gasteiger partial charge is 0.379 e. The number of unbranched alkanes of at least 4 members (excludes halogenated alkanes) is 8. The molecule has 1 atom stereocenters. The third-order valence-electron chi connectivity index (χ3n) is 4.71. The summed E-state index contributed by atoms with van der Waals surface area (Å²) in [4.78, 5) is 0. The van der Waals surface area contributed by atoms with Gasteiger partial charge in [0.25, 0.3) is 0 Å². The topological polar surface area (TPSA) is 21.3 Å². The Morgan fingerprint density at radius 3 is 1.86 bits per heavy atom. The van der Waals surface area contributed by atoms with Crippen molar-refractivity contribution in [1.82, 2.24) is 5.32 Å². The first-order chi connectivity index (χ1) is 10.1. The zero-order valence-electron chi connectivity index (χ0n) is 15.5. The van der Waals surface area contributed by atoms with Gasteiger partial charge in [0.2, 0.25) is 0 Å². The molecule has 0 aliphatic carbocycles. The Bertz CT molecular complexity index is 216. The molecule has 0 saturated heterocycles. The molecule has 2 heteroatoms. The summed E-state index contributed by atoms with van der Waals surface area (Å²) in [5.74, 6) is 0. The first-order valence-electron chi connectivity index (χ1n) is 9.28. The van der Waals surface area contributed by atoms with Crippen molar-refractivity contribution in [2.24, 2.45) is 0 Å². The highest BCUT2D eigenvalue weighted by atomic mass is 16.5. The molecule has 1 N–H and O–H groups in total. The van der Waals surface area contributed by atoms with Crippen molar-refractivity contribution in [2.45, 2.75) is 109 Å². The molecule has 0 aliphatic rings. The van der Waals surface area contributed by atoms with Gasteiger partial charge in [0.1, 0.15) is 0 Å². The minimum absolute atomic E-state index is 0.0214. The molecular formula is C19H41NO. The van der Waals surface area contributed by atoms with Crippen LogP contribution in [0.25, 0.3) is 0 Å². The Morgan fingerprint density at radius 1 is 0.857 bits per heavy atom. The summed E-state index contributed by atoms with van der Waals surface area (Å²) in [7, 11) is 3.91. The smallest absolute Gasteiger partial charge is 0.0623 e. The molecule has 0 radical (unpaired) electrons. The minimum Gasteiger partial charge on any atom is -0.379 e. The molecule has 0 amide bonds. The van der Waals surface area contributed by atoms with Crippen molar-refractivity contribution >= 4 is 0 Å². The Kier molecular flexibility index (Phi) is 13.5. The van der Waals surface area contributed by atoms with Gasteiger partial charge in [0, 0.05) is 13.2 Å². The standard InChI is InChI=1S/C19H41NO/c1-6-7-8-9-10-11-12-13-14-15-18(20-4)16-17-19(2,3)21-5/h18,20H,6-17H2,1-5H3. The van der Waals surface area contributed by atoms with E-state index in [1.165, 1.54) is 70.6 Å². The van der Waals surface area contributed by atoms with Crippen molar-refractivity contribution in [3.8, 4) is 0 Å². The quantitative estimate of drug-likeness (QED) is 0.392. The van der Waals surface area contributed by atoms with E-state index in [9.17, 15) is 0 Å². The van der Waals surface area contributed by atoms with Gasteiger partial charge < -0.3 is 10.1 Å². The lowest BCUT2D eigenvalue weighted by Crippen LogP contribution is -2.30. The summed E-state index contributed by atoms with van der Waals surface area (Å²) in [6.07, 6.45) is 16.4. The van der Waals surface area contributed by atoms with Gasteiger partial charge >= 0.3 is 0 Å². The van der Waals surface area contributed by atoms with Crippen LogP contribution in [0.3, 0.4) is 0 Å². The second-order valence-electron chi connectivity index (χ2n) is 7.11. The van der Waals surface area contributed by atoms with Crippen LogP contribution >= 0.6 is 0 Å². The van der Waals surface area contributed by atoms with Gasteiger partial charge in [-0.25, -0.2) is 0 Å². The molecule has 1 unspecified atom stereocenters. The SMILES string of the molecule is CCCCCCCCCCCC(CCC(C)(C)OC)NC. The average Bonchev–Trinajstić information content (AvgIpc) is 2.48. The van der Waals surface area contributed by atoms with E-state index in [-0.39, 0.29) is 5.60 Å². The molecule has 0 aromatic rings. The van der Waals surface area contributed by atoms with E-state index < -0.39 is 0 Å². The molecule has 21 heavy (non-hydrogen) atoms. The number of hydrogen-bond acceptors (Lipinski definition) is 2. The fraction of sp³-hybridized carbons (Fsp3) is 1.00. The number of hydrogen-bond donors (Lipinski definition) is 1. The van der Waals surface area contributed by atoms with E-state index in [2.05, 4.69) is 33.1 Å². The van der Waals surface area contributed by atoms with Crippen molar-refractivity contribution < 1.29 is 4.74 Å². The van der Waals surface area contributed by atoms with Crippen molar-refractivity contribution in [2.75, 3.05) is 14.2 Å². The number of rotatable bonds is 15. The molecular weight excluding hydrogens is 258 g/mol. The van der Waals surface area contributed by atoms with Crippen LogP contribution in [0.5, 0.6) is 0 Å². The maximum atomic E-state index is 5.50. The lowest BCUT2D eigenvalue weighted by molar-refractivity contribution is 0.0116. The number of ether oxygens (including phenoxy) is 1. The second kappa shape index (κ2) is 13.6. The third kappa shape index (κ3) is 13.3. The van der Waals surface area contributed by atoms with E-state index in [0.29, 0.717) is 6.04 Å². The molecule has 0 fully saturated rings. The monoisotopic (exact) mass is 299 g/mol. The van der Waals surface area contributed by atoms with Gasteiger partial charge in [-0.15, -0.1) is 0 Å². The van der Waals surface area contributed by atoms with Crippen LogP contribution in [-0.2, 0) is 4.74 Å². The van der Waals surface area contributed by atoms with Crippen LogP contribution in [0.4, 0.5) is 0 Å². The van der Waals surface area contributed by atoms with E-state index in [1.807, 2.05) is 7.11 Å². The molecule has 0 heterocycles. The molecule has 0 aromatic carbocycles. The minimum atomic E-state index is 0.0214. The van der Waals surface area contributed by atoms with E-state index >= 15 is 0 Å². The van der Waals surface area contributed by atoms with E-state index in [0.717, 1.165) is 6.42 Å². The molecule has 0 aromatic heterocycles. The van der Waals surface area contributed by atoms with Gasteiger partial charge in [-0.3, -0.25) is 0 Å². The first kappa shape index (κ1) is 20.9. The van der Waals surface area contributed by atoms with Gasteiger partial charge in [0.05, 0.1) is 5.60 Å². The molecule has 128 valence electrons. The summed E-state index contributed by atoms with van der Waals surface area (Å²) < 4.78 is 5.50. The maximum Gasteiger partial charge on any atom is 0.0623 e. The van der Waals surface area contributed by atoms with Gasteiger partial charge in [-0.1, -0.05) is 64.7 Å². The van der Waals surface area contributed by atoms with Gasteiger partial charge in [-0.2, -0.15) is 0 Å². The third-order valence-corrected chi connectivity index (χ3v) is 4.71. The van der Waals surface area contributed by atoms with Crippen molar-refractivity contribution in [1.29, 1.82) is 0 Å². The zero-order chi connectivity index (χ0) is 16.0. The Balaban J connectivity index is 3.47. The normalized spacial score (nSPS) is 13.6. The van der Waals surface area contributed by atoms with E-state index in [4.69, 9.17) is 4.74 Å². The van der Waals surface area contributed by atoms with Crippen molar-refractivity contribution in [3.63, 3.8) is 0 Å². The zero-order valence-corrected chi connectivity index (χ0v) is 15.5. The lowest BCUT2D eigenvalue weighted by Gasteiger charge is -2.25. The fourth-order valence-corrected chi connectivity index (χ4v) is 2.76. The van der Waals surface area contributed by atoms with Crippen LogP contribution in [0.15, 0.2) is 0 Å². The molecule has 0 saturated carbocycles. The second-order valence-corrected chi connectivity index (χ2v) is 7.11. The summed E-state index contributed by atoms with van der Waals surface area (Å²) in [5, 5.41) is 3.47. The van der Waals surface area contributed by atoms with Crippen LogP contribution in [0.1, 0.15) is 97.8 Å². The molecule has 0 aliphatic heterocycles. The van der Waals surface area contributed by atoms with Crippen LogP contribution < -0.4 is 5.32 Å². The highest BCUT2D eigenvalue weighted by Gasteiger charge is 2.18. The molecule has 0 bridgehead atoms. The Hall–Kier alpha value is -0.0800. The highest BCUT2D eigenvalue weighted by molar-refractivity contribution is 4.73. The first-order valence-corrected chi connectivity index (χ1v) is 9.28. The van der Waals surface area contributed by atoms with Gasteiger partial charge in [-0.05, 0) is 40.2 Å². The number of methoxy groups -OCH3 is 1. The summed E-state index contributed by atoms with van der Waals surface area (Å²) in [6.45, 7) is 6.64. The molecule has 0 rings (SSSR count). The highest BCUT2D eigenvalue weighted by Crippen LogP contribution is 2.19. The predicted molar refractivity (Wildman–Crippen MR) is 95.0 cm³/mol. The van der Waals surface area contributed by atoms with Gasteiger partial charge in [0.15, 0.2) is 0 Å². The fourth-order valence-electron chi connectivity index (χ4n) is 2.76. The predicted octanol–water partition coefficient (Wildman–Crippen LogP) is 5.70. The lowest BCUT2D eigenvalue weighted by atomic mass is 9.95. The summed E-state index contributed by atoms with van der Waals surface area (Å²) in [6, 6.07) is 0.656. The number of nitrogens with one attached hydrogen (secondary N) is 1. The summed E-state index contributed by atoms with van der Waals surface area (Å²) >= 11 is 0. The van der Waals surface area contributed by atoms with Crippen molar-refractivity contribution in [3.05, 3.63) is 0 Å².